The van der Waals surface area contributed by atoms with E-state index in [0.29, 0.717) is 11.1 Å². The number of carbonyl (C=O) groups excluding carboxylic acids is 1. The average molecular weight is 362 g/mol. The van der Waals surface area contributed by atoms with Gasteiger partial charge in [-0.05, 0) is 29.7 Å². The molecule has 0 saturated carbocycles. The molecule has 10 heteroatoms. The molecule has 0 atom stereocenters. The molecule has 0 saturated heterocycles. The van der Waals surface area contributed by atoms with Crippen molar-refractivity contribution in [3.63, 3.8) is 0 Å². The average Bonchev–Trinajstić information content (AvgIpc) is 2.57. The number of fused-ring (bicyclic) bond motifs is 1. The van der Waals surface area contributed by atoms with E-state index < -0.39 is 29.9 Å². The van der Waals surface area contributed by atoms with Crippen LogP contribution in [0.4, 0.5) is 8.78 Å². The first-order valence-electron chi connectivity index (χ1n) is 6.49. The lowest BCUT2D eigenvalue weighted by atomic mass is 10.1. The summed E-state index contributed by atoms with van der Waals surface area (Å²) in [7, 11) is 0. The Hall–Kier alpha value is -2.14. The lowest BCUT2D eigenvalue weighted by Gasteiger charge is -2.12. The number of hydrogen-bond acceptors (Lipinski definition) is 8. The van der Waals surface area contributed by atoms with Crippen molar-refractivity contribution in [3.05, 3.63) is 36.4 Å². The summed E-state index contributed by atoms with van der Waals surface area (Å²) in [6, 6.07) is 9.85. The van der Waals surface area contributed by atoms with Gasteiger partial charge in [0.25, 0.3) is 0 Å². The highest BCUT2D eigenvalue weighted by molar-refractivity contribution is 7.96. The largest absolute Gasteiger partial charge is 0.507 e. The lowest BCUT2D eigenvalue weighted by Crippen LogP contribution is -2.28. The number of aromatic hydroxyl groups is 1. The van der Waals surface area contributed by atoms with Gasteiger partial charge in [0.15, 0.2) is 0 Å². The Morgan fingerprint density at radius 1 is 1.21 bits per heavy atom. The summed E-state index contributed by atoms with van der Waals surface area (Å²) in [6.07, 6.45) is 0. The summed E-state index contributed by atoms with van der Waals surface area (Å²) in [4.78, 5) is 11.1. The van der Waals surface area contributed by atoms with Gasteiger partial charge in [-0.1, -0.05) is 17.2 Å². The Balaban J connectivity index is 1.83. The third kappa shape index (κ3) is 4.68. The molecule has 7 nitrogen and oxygen atoms in total. The first kappa shape index (κ1) is 18.2. The number of hydrogen-bond donors (Lipinski definition) is 2. The summed E-state index contributed by atoms with van der Waals surface area (Å²) in [5, 5.41) is 17.8. The molecule has 0 radical (unpaired) electrons. The molecule has 0 amide bonds. The molecule has 0 unspecified atom stereocenters. The van der Waals surface area contributed by atoms with Crippen LogP contribution < -0.4 is 4.74 Å². The van der Waals surface area contributed by atoms with Crippen molar-refractivity contribution in [1.82, 2.24) is 0 Å². The molecule has 0 aliphatic rings. The maximum atomic E-state index is 13.1. The SMILES string of the molecule is O=C(OCCOc1ccc2c(O)cccc2c1)C(F)(F)SOOO. The van der Waals surface area contributed by atoms with E-state index in [1.165, 1.54) is 0 Å². The number of rotatable bonds is 8. The molecule has 24 heavy (non-hydrogen) atoms. The van der Waals surface area contributed by atoms with Crippen LogP contribution in [0.1, 0.15) is 0 Å². The summed E-state index contributed by atoms with van der Waals surface area (Å²) in [5.74, 6) is -1.32. The lowest BCUT2D eigenvalue weighted by molar-refractivity contribution is -0.433. The fraction of sp³-hybridized carbons (Fsp3) is 0.214. The number of phenols is 1. The van der Waals surface area contributed by atoms with Crippen LogP contribution in [0.3, 0.4) is 0 Å². The van der Waals surface area contributed by atoms with E-state index >= 15 is 0 Å². The van der Waals surface area contributed by atoms with Crippen molar-refractivity contribution >= 4 is 28.8 Å². The van der Waals surface area contributed by atoms with Gasteiger partial charge in [-0.2, -0.15) is 8.78 Å². The molecule has 0 spiro atoms. The maximum absolute atomic E-state index is 13.1. The van der Waals surface area contributed by atoms with Crippen LogP contribution in [0.2, 0.25) is 0 Å². The summed E-state index contributed by atoms with van der Waals surface area (Å²) in [5.41, 5.74) is 0. The fourth-order valence-electron chi connectivity index (χ4n) is 1.80. The number of benzene rings is 2. The van der Waals surface area contributed by atoms with E-state index in [-0.39, 0.29) is 12.4 Å². The zero-order valence-corrected chi connectivity index (χ0v) is 12.8. The van der Waals surface area contributed by atoms with Gasteiger partial charge >= 0.3 is 11.2 Å². The van der Waals surface area contributed by atoms with Crippen LogP contribution in [-0.4, -0.2) is 34.8 Å². The highest BCUT2D eigenvalue weighted by atomic mass is 32.2. The predicted octanol–water partition coefficient (Wildman–Crippen LogP) is 3.13. The Kier molecular flexibility index (Phi) is 6.15. The highest BCUT2D eigenvalue weighted by Gasteiger charge is 2.44. The van der Waals surface area contributed by atoms with Gasteiger partial charge in [-0.25, -0.2) is 10.1 Å². The molecule has 2 N–H and O–H groups in total. The minimum atomic E-state index is -4.04. The van der Waals surface area contributed by atoms with Crippen molar-refractivity contribution in [1.29, 1.82) is 0 Å². The van der Waals surface area contributed by atoms with Crippen molar-refractivity contribution in [2.45, 2.75) is 5.25 Å². The van der Waals surface area contributed by atoms with Crippen LogP contribution in [0.5, 0.6) is 11.5 Å². The van der Waals surface area contributed by atoms with E-state index in [4.69, 9.17) is 9.99 Å². The van der Waals surface area contributed by atoms with Crippen molar-refractivity contribution in [2.75, 3.05) is 13.2 Å². The van der Waals surface area contributed by atoms with Crippen LogP contribution in [0.15, 0.2) is 36.4 Å². The Morgan fingerprint density at radius 2 is 2.00 bits per heavy atom. The second-order valence-electron chi connectivity index (χ2n) is 4.39. The van der Waals surface area contributed by atoms with Gasteiger partial charge in [0.2, 0.25) is 0 Å². The minimum absolute atomic E-state index is 0.127. The van der Waals surface area contributed by atoms with Crippen LogP contribution >= 0.6 is 12.0 Å². The normalized spacial score (nSPS) is 11.5. The molecule has 0 aliphatic carbocycles. The topological polar surface area (TPSA) is 94.5 Å². The zero-order chi connectivity index (χ0) is 17.6. The second kappa shape index (κ2) is 8.11. The van der Waals surface area contributed by atoms with Gasteiger partial charge in [0.1, 0.15) is 36.8 Å². The molecule has 0 fully saturated rings. The van der Waals surface area contributed by atoms with Crippen LogP contribution in [0, 0.1) is 0 Å². The van der Waals surface area contributed by atoms with Gasteiger partial charge in [0, 0.05) is 5.39 Å². The summed E-state index contributed by atoms with van der Waals surface area (Å²) < 4.78 is 39.3. The molecular weight excluding hydrogens is 350 g/mol. The van der Waals surface area contributed by atoms with E-state index in [1.54, 1.807) is 36.4 Å². The molecule has 2 aromatic rings. The molecular formula is C14H12F2O7S. The highest BCUT2D eigenvalue weighted by Crippen LogP contribution is 2.31. The van der Waals surface area contributed by atoms with Crippen LogP contribution in [0.25, 0.3) is 10.8 Å². The Morgan fingerprint density at radius 3 is 2.75 bits per heavy atom. The van der Waals surface area contributed by atoms with E-state index in [9.17, 15) is 18.7 Å². The maximum Gasteiger partial charge on any atom is 0.415 e. The van der Waals surface area contributed by atoms with Gasteiger partial charge in [0.05, 0.1) is 0 Å². The van der Waals surface area contributed by atoms with Crippen molar-refractivity contribution < 1.29 is 42.8 Å². The summed E-state index contributed by atoms with van der Waals surface area (Å²) in [6.45, 7) is -0.582. The molecule has 0 heterocycles. The molecule has 2 rings (SSSR count). The van der Waals surface area contributed by atoms with E-state index in [0.717, 1.165) is 5.39 Å². The van der Waals surface area contributed by atoms with Crippen molar-refractivity contribution in [2.24, 2.45) is 0 Å². The summed E-state index contributed by atoms with van der Waals surface area (Å²) >= 11 is -0.701. The molecule has 0 bridgehead atoms. The molecule has 2 aromatic carbocycles. The van der Waals surface area contributed by atoms with Gasteiger partial charge in [-0.15, -0.1) is 4.33 Å². The number of phenolic OH excluding ortho intramolecular Hbond substituents is 1. The third-order valence-electron chi connectivity index (χ3n) is 2.82. The predicted molar refractivity (Wildman–Crippen MR) is 79.4 cm³/mol. The van der Waals surface area contributed by atoms with E-state index in [2.05, 4.69) is 14.1 Å². The first-order chi connectivity index (χ1) is 11.4. The van der Waals surface area contributed by atoms with Gasteiger partial charge in [-0.3, -0.25) is 0 Å². The molecule has 0 aromatic heterocycles. The number of halogens is 2. The number of esters is 1. The number of ether oxygens (including phenoxy) is 2. The molecule has 0 aliphatic heterocycles. The zero-order valence-electron chi connectivity index (χ0n) is 12.0. The number of alkyl halides is 2. The Bertz CT molecular complexity index is 711. The third-order valence-corrected chi connectivity index (χ3v) is 3.33. The molecule has 130 valence electrons. The smallest absolute Gasteiger partial charge is 0.415 e. The van der Waals surface area contributed by atoms with Crippen molar-refractivity contribution in [3.8, 4) is 11.5 Å². The minimum Gasteiger partial charge on any atom is -0.507 e. The fourth-order valence-corrected chi connectivity index (χ4v) is 2.05. The quantitative estimate of drug-likeness (QED) is 0.243. The Labute approximate surface area is 138 Å². The van der Waals surface area contributed by atoms with Gasteiger partial charge < -0.3 is 14.6 Å². The standard InChI is InChI=1S/C14H12F2O7S/c15-14(16,24-23-22-19)13(18)21-7-6-20-10-4-5-11-9(8-10)2-1-3-12(11)17/h1-5,8,17,19H,6-7H2. The monoisotopic (exact) mass is 362 g/mol. The van der Waals surface area contributed by atoms with E-state index in [1.807, 2.05) is 0 Å². The number of carbonyl (C=O) groups is 1. The van der Waals surface area contributed by atoms with Crippen LogP contribution in [-0.2, 0) is 18.9 Å². The second-order valence-corrected chi connectivity index (χ2v) is 5.20. The first-order valence-corrected chi connectivity index (χ1v) is 7.23.